The number of aryl methyl sites for hydroxylation is 2. The van der Waals surface area contributed by atoms with Gasteiger partial charge in [-0.15, -0.1) is 0 Å². The van der Waals surface area contributed by atoms with E-state index in [-0.39, 0.29) is 37.2 Å². The van der Waals surface area contributed by atoms with Crippen molar-refractivity contribution in [2.45, 2.75) is 39.5 Å². The van der Waals surface area contributed by atoms with Gasteiger partial charge in [0.2, 0.25) is 6.79 Å². The Morgan fingerprint density at radius 2 is 2.00 bits per heavy atom. The summed E-state index contributed by atoms with van der Waals surface area (Å²) in [6.45, 7) is 7.34. The Hall–Kier alpha value is -4.09. The summed E-state index contributed by atoms with van der Waals surface area (Å²) in [7, 11) is 3.72. The Morgan fingerprint density at radius 1 is 1.22 bits per heavy atom. The number of ether oxygens (including phenoxy) is 3. The minimum atomic E-state index is -0.390. The van der Waals surface area contributed by atoms with Gasteiger partial charge in [-0.2, -0.15) is 5.10 Å². The molecule has 2 aromatic carbocycles. The second-order valence-electron chi connectivity index (χ2n) is 10.9. The standard InChI is InChI=1S/C30H37N5O6/c1-18-13-35(20(3)16-36)30(38)22-7-6-8-23(31-29(37)24-11-19(2)32-34(24)5)28(22)41-27(18)15-33(4)14-21-9-10-25-26(12-21)40-17-39-25/h6-12,18,20,27,36H,13-17H2,1-5H3,(H,31,37)/t18-,20-,27+/m1/s1. The van der Waals surface area contributed by atoms with E-state index in [0.717, 1.165) is 22.8 Å². The zero-order valence-corrected chi connectivity index (χ0v) is 24.1. The molecule has 0 bridgehead atoms. The first-order valence-corrected chi connectivity index (χ1v) is 13.7. The summed E-state index contributed by atoms with van der Waals surface area (Å²) >= 11 is 0. The molecule has 2 amide bonds. The van der Waals surface area contributed by atoms with Gasteiger partial charge in [0.15, 0.2) is 17.2 Å². The summed E-state index contributed by atoms with van der Waals surface area (Å²) in [6.07, 6.45) is -0.328. The molecule has 2 N–H and O–H groups in total. The Labute approximate surface area is 239 Å². The number of aliphatic hydroxyl groups excluding tert-OH is 1. The number of para-hydroxylation sites is 1. The predicted molar refractivity (Wildman–Crippen MR) is 152 cm³/mol. The number of hydrogen-bond acceptors (Lipinski definition) is 8. The highest BCUT2D eigenvalue weighted by molar-refractivity contribution is 6.06. The smallest absolute Gasteiger partial charge is 0.274 e. The van der Waals surface area contributed by atoms with E-state index in [4.69, 9.17) is 14.2 Å². The first kappa shape index (κ1) is 28.4. The van der Waals surface area contributed by atoms with E-state index >= 15 is 0 Å². The molecule has 218 valence electrons. The average Bonchev–Trinajstić information content (AvgIpc) is 3.55. The van der Waals surface area contributed by atoms with Crippen molar-refractivity contribution in [1.82, 2.24) is 19.6 Å². The molecule has 3 atom stereocenters. The van der Waals surface area contributed by atoms with Crippen LogP contribution in [0.3, 0.4) is 0 Å². The topological polar surface area (TPSA) is 118 Å². The van der Waals surface area contributed by atoms with Crippen molar-refractivity contribution in [3.8, 4) is 17.2 Å². The SMILES string of the molecule is Cc1cc(C(=O)Nc2cccc3c2O[C@@H](CN(C)Cc2ccc4c(c2)OCO4)[C@H](C)CN([C@H](C)CO)C3=O)n(C)n1. The Morgan fingerprint density at radius 3 is 2.73 bits per heavy atom. The van der Waals surface area contributed by atoms with E-state index in [0.29, 0.717) is 42.3 Å². The van der Waals surface area contributed by atoms with Crippen molar-refractivity contribution in [1.29, 1.82) is 0 Å². The van der Waals surface area contributed by atoms with Crippen LogP contribution in [0.15, 0.2) is 42.5 Å². The van der Waals surface area contributed by atoms with E-state index in [1.54, 1.807) is 36.2 Å². The average molecular weight is 564 g/mol. The van der Waals surface area contributed by atoms with Crippen LogP contribution in [0.4, 0.5) is 5.69 Å². The molecule has 3 heterocycles. The maximum atomic E-state index is 13.7. The fraction of sp³-hybridized carbons (Fsp3) is 0.433. The van der Waals surface area contributed by atoms with Crippen LogP contribution in [0.5, 0.6) is 17.2 Å². The minimum absolute atomic E-state index is 0.0798. The van der Waals surface area contributed by atoms with Gasteiger partial charge < -0.3 is 29.5 Å². The highest BCUT2D eigenvalue weighted by Gasteiger charge is 2.35. The summed E-state index contributed by atoms with van der Waals surface area (Å²) < 4.78 is 19.1. The van der Waals surface area contributed by atoms with Gasteiger partial charge in [-0.25, -0.2) is 0 Å². The van der Waals surface area contributed by atoms with Crippen LogP contribution in [-0.2, 0) is 13.6 Å². The predicted octanol–water partition coefficient (Wildman–Crippen LogP) is 3.06. The lowest BCUT2D eigenvalue weighted by Crippen LogP contribution is -2.49. The molecule has 0 radical (unpaired) electrons. The zero-order chi connectivity index (χ0) is 29.3. The number of amides is 2. The molecule has 2 aliphatic heterocycles. The number of fused-ring (bicyclic) bond motifs is 2. The van der Waals surface area contributed by atoms with Gasteiger partial charge in [-0.3, -0.25) is 19.2 Å². The lowest BCUT2D eigenvalue weighted by atomic mass is 9.98. The number of nitrogens with one attached hydrogen (secondary N) is 1. The quantitative estimate of drug-likeness (QED) is 0.430. The second kappa shape index (κ2) is 11.8. The molecule has 2 aliphatic rings. The van der Waals surface area contributed by atoms with Gasteiger partial charge in [0.05, 0.1) is 29.6 Å². The first-order chi connectivity index (χ1) is 19.6. The number of hydrogen-bond donors (Lipinski definition) is 2. The summed E-state index contributed by atoms with van der Waals surface area (Å²) in [6, 6.07) is 12.4. The van der Waals surface area contributed by atoms with Crippen LogP contribution in [0.25, 0.3) is 0 Å². The van der Waals surface area contributed by atoms with Gasteiger partial charge in [0.1, 0.15) is 11.8 Å². The van der Waals surface area contributed by atoms with Crippen molar-refractivity contribution in [3.05, 3.63) is 65.0 Å². The third-order valence-electron chi connectivity index (χ3n) is 7.56. The highest BCUT2D eigenvalue weighted by atomic mass is 16.7. The maximum Gasteiger partial charge on any atom is 0.274 e. The van der Waals surface area contributed by atoms with Crippen LogP contribution in [0.1, 0.15) is 46.0 Å². The number of aliphatic hydroxyl groups is 1. The molecular weight excluding hydrogens is 526 g/mol. The van der Waals surface area contributed by atoms with E-state index < -0.39 is 6.04 Å². The lowest BCUT2D eigenvalue weighted by molar-refractivity contribution is 0.0343. The van der Waals surface area contributed by atoms with Gasteiger partial charge in [0, 0.05) is 32.6 Å². The molecule has 1 aromatic heterocycles. The Kier molecular flexibility index (Phi) is 8.18. The van der Waals surface area contributed by atoms with Crippen molar-refractivity contribution in [2.24, 2.45) is 13.0 Å². The first-order valence-electron chi connectivity index (χ1n) is 13.7. The van der Waals surface area contributed by atoms with Crippen LogP contribution >= 0.6 is 0 Å². The molecule has 0 fully saturated rings. The van der Waals surface area contributed by atoms with Crippen LogP contribution < -0.4 is 19.5 Å². The van der Waals surface area contributed by atoms with E-state index in [1.165, 1.54) is 4.68 Å². The third kappa shape index (κ3) is 6.01. The van der Waals surface area contributed by atoms with E-state index in [1.807, 2.05) is 46.0 Å². The van der Waals surface area contributed by atoms with Crippen LogP contribution in [0, 0.1) is 12.8 Å². The number of rotatable bonds is 8. The maximum absolute atomic E-state index is 13.7. The Bertz CT molecular complexity index is 1440. The molecule has 0 spiro atoms. The van der Waals surface area contributed by atoms with Crippen molar-refractivity contribution in [3.63, 3.8) is 0 Å². The number of likely N-dealkylation sites (N-methyl/N-ethyl adjacent to an activating group) is 1. The molecular formula is C30H37N5O6. The zero-order valence-electron chi connectivity index (χ0n) is 24.1. The summed E-state index contributed by atoms with van der Waals surface area (Å²) in [5, 5.41) is 17.2. The highest BCUT2D eigenvalue weighted by Crippen LogP contribution is 2.36. The van der Waals surface area contributed by atoms with Crippen LogP contribution in [0.2, 0.25) is 0 Å². The van der Waals surface area contributed by atoms with Crippen molar-refractivity contribution in [2.75, 3.05) is 38.9 Å². The van der Waals surface area contributed by atoms with Crippen molar-refractivity contribution < 1.29 is 28.9 Å². The number of anilines is 1. The lowest BCUT2D eigenvalue weighted by Gasteiger charge is -2.38. The van der Waals surface area contributed by atoms with Gasteiger partial charge >= 0.3 is 0 Å². The van der Waals surface area contributed by atoms with E-state index in [9.17, 15) is 14.7 Å². The normalized spacial score (nSPS) is 18.9. The summed E-state index contributed by atoms with van der Waals surface area (Å²) in [5.74, 6) is 1.09. The number of aromatic nitrogens is 2. The molecule has 0 saturated heterocycles. The number of nitrogens with zero attached hydrogens (tertiary/aromatic N) is 4. The molecule has 0 unspecified atom stereocenters. The monoisotopic (exact) mass is 563 g/mol. The molecule has 11 nitrogen and oxygen atoms in total. The van der Waals surface area contributed by atoms with E-state index in [2.05, 4.69) is 15.3 Å². The molecule has 5 rings (SSSR count). The third-order valence-corrected chi connectivity index (χ3v) is 7.56. The molecule has 0 aliphatic carbocycles. The fourth-order valence-corrected chi connectivity index (χ4v) is 5.29. The summed E-state index contributed by atoms with van der Waals surface area (Å²) in [5.41, 5.74) is 2.91. The summed E-state index contributed by atoms with van der Waals surface area (Å²) in [4.78, 5) is 30.8. The van der Waals surface area contributed by atoms with Gasteiger partial charge in [0.25, 0.3) is 11.8 Å². The largest absolute Gasteiger partial charge is 0.486 e. The molecule has 3 aromatic rings. The number of carbonyl (C=O) groups is 2. The molecule has 11 heteroatoms. The number of carbonyl (C=O) groups excluding carboxylic acids is 2. The van der Waals surface area contributed by atoms with Crippen molar-refractivity contribution >= 4 is 17.5 Å². The van der Waals surface area contributed by atoms with Gasteiger partial charge in [-0.1, -0.05) is 19.1 Å². The Balaban J connectivity index is 1.44. The second-order valence-corrected chi connectivity index (χ2v) is 10.9. The fourth-order valence-electron chi connectivity index (χ4n) is 5.29. The minimum Gasteiger partial charge on any atom is -0.486 e. The van der Waals surface area contributed by atoms with Crippen LogP contribution in [-0.4, -0.2) is 82.2 Å². The number of benzene rings is 2. The molecule has 41 heavy (non-hydrogen) atoms. The molecule has 0 saturated carbocycles. The van der Waals surface area contributed by atoms with Gasteiger partial charge in [-0.05, 0) is 56.8 Å².